The van der Waals surface area contributed by atoms with Crippen LogP contribution in [0.5, 0.6) is 0 Å². The number of imidazole rings is 1. The van der Waals surface area contributed by atoms with Crippen LogP contribution in [0.4, 0.5) is 15.8 Å². The van der Waals surface area contributed by atoms with Crippen molar-refractivity contribution >= 4 is 33.8 Å². The van der Waals surface area contributed by atoms with E-state index in [4.69, 9.17) is 0 Å². The highest BCUT2D eigenvalue weighted by atomic mass is 19.1. The number of nitrogens with one attached hydrogen (secondary N) is 2. The van der Waals surface area contributed by atoms with E-state index in [9.17, 15) is 9.18 Å². The molecule has 3 aromatic heterocycles. The number of hydrogen-bond donors (Lipinski definition) is 2. The maximum absolute atomic E-state index is 14.4. The molecule has 0 radical (unpaired) electrons. The molecule has 166 valence electrons. The van der Waals surface area contributed by atoms with Crippen molar-refractivity contribution < 1.29 is 9.18 Å². The van der Waals surface area contributed by atoms with E-state index in [0.29, 0.717) is 35.0 Å². The zero-order chi connectivity index (χ0) is 22.4. The van der Waals surface area contributed by atoms with Gasteiger partial charge in [-0.05, 0) is 39.4 Å². The Kier molecular flexibility index (Phi) is 5.05. The molecule has 1 fully saturated rings. The van der Waals surface area contributed by atoms with Crippen LogP contribution in [0.3, 0.4) is 0 Å². The molecule has 1 aromatic carbocycles. The highest BCUT2D eigenvalue weighted by Gasteiger charge is 2.25. The first-order valence-corrected chi connectivity index (χ1v) is 10.9. The van der Waals surface area contributed by atoms with Gasteiger partial charge in [0, 0.05) is 61.4 Å². The fourth-order valence-corrected chi connectivity index (χ4v) is 4.42. The SMILES string of the molecule is CCn1cc2c(N3CCC(NC)C3)ccc(C(=O)Nc3cc(F)c4nc(C)cn4c3)c2n1. The molecule has 5 rings (SSSR count). The lowest BCUT2D eigenvalue weighted by Crippen LogP contribution is -2.29. The zero-order valence-corrected chi connectivity index (χ0v) is 18.4. The molecular formula is C23H26FN7O. The normalized spacial score (nSPS) is 16.4. The first kappa shape index (κ1) is 20.4. The van der Waals surface area contributed by atoms with Crippen molar-refractivity contribution in [3.8, 4) is 0 Å². The lowest BCUT2D eigenvalue weighted by atomic mass is 10.1. The van der Waals surface area contributed by atoms with Gasteiger partial charge in [0.05, 0.1) is 16.9 Å². The van der Waals surface area contributed by atoms with E-state index >= 15 is 0 Å². The number of pyridine rings is 1. The summed E-state index contributed by atoms with van der Waals surface area (Å²) >= 11 is 0. The predicted molar refractivity (Wildman–Crippen MR) is 123 cm³/mol. The summed E-state index contributed by atoms with van der Waals surface area (Å²) < 4.78 is 17.9. The molecule has 32 heavy (non-hydrogen) atoms. The largest absolute Gasteiger partial charge is 0.369 e. The molecule has 0 aliphatic carbocycles. The van der Waals surface area contributed by atoms with Crippen LogP contribution in [0.15, 0.2) is 36.8 Å². The molecule has 4 heterocycles. The third kappa shape index (κ3) is 3.48. The number of benzene rings is 1. The Balaban J connectivity index is 1.50. The Labute approximate surface area is 185 Å². The summed E-state index contributed by atoms with van der Waals surface area (Å²) in [5.41, 5.74) is 3.49. The third-order valence-corrected chi connectivity index (χ3v) is 6.09. The molecule has 1 aliphatic rings. The number of likely N-dealkylation sites (N-methyl/N-ethyl adjacent to an activating group) is 1. The van der Waals surface area contributed by atoms with Crippen molar-refractivity contribution in [3.05, 3.63) is 53.9 Å². The Morgan fingerprint density at radius 3 is 2.88 bits per heavy atom. The minimum Gasteiger partial charge on any atom is -0.369 e. The van der Waals surface area contributed by atoms with Gasteiger partial charge in [-0.25, -0.2) is 9.37 Å². The van der Waals surface area contributed by atoms with Gasteiger partial charge in [0.1, 0.15) is 5.52 Å². The lowest BCUT2D eigenvalue weighted by Gasteiger charge is -2.20. The minimum atomic E-state index is -0.486. The second-order valence-corrected chi connectivity index (χ2v) is 8.24. The van der Waals surface area contributed by atoms with Gasteiger partial charge in [0.15, 0.2) is 11.5 Å². The van der Waals surface area contributed by atoms with Gasteiger partial charge in [0.25, 0.3) is 5.91 Å². The van der Waals surface area contributed by atoms with Crippen LogP contribution in [0.1, 0.15) is 29.4 Å². The number of rotatable bonds is 5. The Morgan fingerprint density at radius 1 is 1.28 bits per heavy atom. The van der Waals surface area contributed by atoms with E-state index in [1.807, 2.05) is 37.0 Å². The van der Waals surface area contributed by atoms with Crippen molar-refractivity contribution in [1.82, 2.24) is 24.5 Å². The molecule has 0 bridgehead atoms. The number of aromatic nitrogens is 4. The van der Waals surface area contributed by atoms with Gasteiger partial charge in [0.2, 0.25) is 0 Å². The van der Waals surface area contributed by atoms with Gasteiger partial charge in [-0.2, -0.15) is 5.10 Å². The number of nitrogens with zero attached hydrogens (tertiary/aromatic N) is 5. The second kappa shape index (κ2) is 7.90. The van der Waals surface area contributed by atoms with Gasteiger partial charge < -0.3 is 19.9 Å². The zero-order valence-electron chi connectivity index (χ0n) is 18.4. The molecule has 0 saturated carbocycles. The average Bonchev–Trinajstić information content (AvgIpc) is 3.50. The number of fused-ring (bicyclic) bond motifs is 2. The molecule has 4 aromatic rings. The van der Waals surface area contributed by atoms with Crippen molar-refractivity contribution in [3.63, 3.8) is 0 Å². The molecule has 1 saturated heterocycles. The van der Waals surface area contributed by atoms with Crippen LogP contribution < -0.4 is 15.5 Å². The van der Waals surface area contributed by atoms with Gasteiger partial charge in [-0.15, -0.1) is 0 Å². The van der Waals surface area contributed by atoms with Crippen molar-refractivity contribution in [2.45, 2.75) is 32.9 Å². The number of hydrogen-bond acceptors (Lipinski definition) is 5. The lowest BCUT2D eigenvalue weighted by molar-refractivity contribution is 0.102. The predicted octanol–water partition coefficient (Wildman–Crippen LogP) is 3.20. The van der Waals surface area contributed by atoms with Gasteiger partial charge >= 0.3 is 0 Å². The Hall–Kier alpha value is -3.46. The van der Waals surface area contributed by atoms with Crippen LogP contribution in [0.2, 0.25) is 0 Å². The van der Waals surface area contributed by atoms with E-state index in [2.05, 4.69) is 25.6 Å². The van der Waals surface area contributed by atoms with Gasteiger partial charge in [-0.3, -0.25) is 9.48 Å². The standard InChI is InChI=1S/C23H26FN7O/c1-4-31-13-18-20(29-8-7-15(11-29)25-3)6-5-17(21(18)28-31)23(32)27-16-9-19(24)22-26-14(2)10-30(22)12-16/h5-6,9-10,12-13,15,25H,4,7-8,11H2,1-3H3,(H,27,32). The molecule has 1 aliphatic heterocycles. The maximum atomic E-state index is 14.4. The van der Waals surface area contributed by atoms with Crippen LogP contribution in [0.25, 0.3) is 16.6 Å². The highest BCUT2D eigenvalue weighted by Crippen LogP contribution is 2.32. The first-order valence-electron chi connectivity index (χ1n) is 10.9. The van der Waals surface area contributed by atoms with Crippen LogP contribution in [-0.4, -0.2) is 51.3 Å². The van der Waals surface area contributed by atoms with E-state index in [-0.39, 0.29) is 11.6 Å². The van der Waals surface area contributed by atoms with E-state index in [0.717, 1.165) is 30.6 Å². The summed E-state index contributed by atoms with van der Waals surface area (Å²) in [4.78, 5) is 19.7. The minimum absolute atomic E-state index is 0.236. The molecule has 1 unspecified atom stereocenters. The highest BCUT2D eigenvalue weighted by molar-refractivity contribution is 6.13. The molecule has 9 heteroatoms. The number of carbonyl (C=O) groups is 1. The summed E-state index contributed by atoms with van der Waals surface area (Å²) in [7, 11) is 1.98. The summed E-state index contributed by atoms with van der Waals surface area (Å²) in [5.74, 6) is -0.812. The topological polar surface area (TPSA) is 79.5 Å². The van der Waals surface area contributed by atoms with Crippen molar-refractivity contribution in [2.75, 3.05) is 30.4 Å². The smallest absolute Gasteiger partial charge is 0.257 e. The molecule has 2 N–H and O–H groups in total. The first-order chi connectivity index (χ1) is 15.5. The number of carbonyl (C=O) groups excluding carboxylic acids is 1. The van der Waals surface area contributed by atoms with Crippen LogP contribution in [-0.2, 0) is 6.54 Å². The Bertz CT molecular complexity index is 1330. The quantitative estimate of drug-likeness (QED) is 0.503. The van der Waals surface area contributed by atoms with E-state index < -0.39 is 5.82 Å². The van der Waals surface area contributed by atoms with Crippen LogP contribution >= 0.6 is 0 Å². The van der Waals surface area contributed by atoms with Crippen molar-refractivity contribution in [1.29, 1.82) is 0 Å². The molecule has 0 spiro atoms. The number of amides is 1. The average molecular weight is 436 g/mol. The summed E-state index contributed by atoms with van der Waals surface area (Å²) in [6, 6.07) is 5.53. The summed E-state index contributed by atoms with van der Waals surface area (Å²) in [6.45, 7) is 6.39. The second-order valence-electron chi connectivity index (χ2n) is 8.24. The van der Waals surface area contributed by atoms with E-state index in [1.54, 1.807) is 23.7 Å². The van der Waals surface area contributed by atoms with Crippen molar-refractivity contribution in [2.24, 2.45) is 0 Å². The summed E-state index contributed by atoms with van der Waals surface area (Å²) in [6.07, 6.45) is 6.45. The molecular weight excluding hydrogens is 409 g/mol. The number of halogens is 1. The maximum Gasteiger partial charge on any atom is 0.257 e. The molecule has 1 atom stereocenters. The fraction of sp³-hybridized carbons (Fsp3) is 0.348. The Morgan fingerprint density at radius 2 is 2.12 bits per heavy atom. The van der Waals surface area contributed by atoms with Gasteiger partial charge in [-0.1, -0.05) is 0 Å². The molecule has 1 amide bonds. The monoisotopic (exact) mass is 435 g/mol. The summed E-state index contributed by atoms with van der Waals surface area (Å²) in [5, 5.41) is 11.8. The number of anilines is 2. The number of aryl methyl sites for hydroxylation is 2. The molecule has 8 nitrogen and oxygen atoms in total. The fourth-order valence-electron chi connectivity index (χ4n) is 4.42. The third-order valence-electron chi connectivity index (χ3n) is 6.09. The van der Waals surface area contributed by atoms with Crippen LogP contribution in [0, 0.1) is 12.7 Å². The van der Waals surface area contributed by atoms with E-state index in [1.165, 1.54) is 6.07 Å².